The number of piperidine rings is 1. The van der Waals surface area contributed by atoms with Gasteiger partial charge in [-0.2, -0.15) is 13.2 Å². The zero-order valence-electron chi connectivity index (χ0n) is 27.6. The summed E-state index contributed by atoms with van der Waals surface area (Å²) in [6.45, 7) is -0.282. The molecule has 1 saturated heterocycles. The van der Waals surface area contributed by atoms with Gasteiger partial charge in [-0.1, -0.05) is 12.0 Å². The highest BCUT2D eigenvalue weighted by Crippen LogP contribution is 2.32. The van der Waals surface area contributed by atoms with Crippen LogP contribution in [0, 0.1) is 11.8 Å². The molecule has 2 heterocycles. The fraction of sp³-hybridized carbons (Fsp3) is 0.441. The lowest BCUT2D eigenvalue weighted by Crippen LogP contribution is -2.46. The second-order valence-corrected chi connectivity index (χ2v) is 11.5. The Bertz CT molecular complexity index is 1720. The minimum Gasteiger partial charge on any atom is -0.495 e. The first-order valence-corrected chi connectivity index (χ1v) is 15.5. The van der Waals surface area contributed by atoms with Gasteiger partial charge < -0.3 is 39.6 Å². The number of anilines is 2. The highest BCUT2D eigenvalue weighted by atomic mass is 19.4. The molecule has 0 unspecified atom stereocenters. The van der Waals surface area contributed by atoms with Crippen LogP contribution in [-0.2, 0) is 25.6 Å². The molecule has 1 amide bonds. The van der Waals surface area contributed by atoms with E-state index in [0.717, 1.165) is 11.7 Å². The number of rotatable bonds is 12. The van der Waals surface area contributed by atoms with Crippen molar-refractivity contribution in [2.24, 2.45) is 0 Å². The molecule has 0 aliphatic carbocycles. The zero-order valence-corrected chi connectivity index (χ0v) is 27.6. The number of ether oxygens (including phenoxy) is 3. The zero-order chi connectivity index (χ0) is 35.7. The fourth-order valence-electron chi connectivity index (χ4n) is 5.53. The van der Waals surface area contributed by atoms with Gasteiger partial charge in [-0.05, 0) is 62.2 Å². The molecular formula is C34H39F4N5O6. The maximum absolute atomic E-state index is 14.8. The van der Waals surface area contributed by atoms with Gasteiger partial charge in [0.25, 0.3) is 5.91 Å². The van der Waals surface area contributed by atoms with Crippen molar-refractivity contribution in [1.29, 1.82) is 0 Å². The number of methoxy groups -OCH3 is 3. The second-order valence-electron chi connectivity index (χ2n) is 11.5. The molecule has 0 radical (unpaired) electrons. The van der Waals surface area contributed by atoms with Crippen LogP contribution in [-0.4, -0.2) is 99.8 Å². The first-order valence-electron chi connectivity index (χ1n) is 15.5. The lowest BCUT2D eigenvalue weighted by Gasteiger charge is -2.33. The number of hydrogen-bond acceptors (Lipinski definition) is 9. The Labute approximate surface area is 281 Å². The highest BCUT2D eigenvalue weighted by Gasteiger charge is 2.31. The number of esters is 2. The Morgan fingerprint density at radius 2 is 1.84 bits per heavy atom. The van der Waals surface area contributed by atoms with Crippen molar-refractivity contribution < 1.29 is 46.2 Å². The van der Waals surface area contributed by atoms with Crippen LogP contribution in [0.1, 0.15) is 35.3 Å². The van der Waals surface area contributed by atoms with Gasteiger partial charge in [-0.25, -0.2) is 9.18 Å². The monoisotopic (exact) mass is 689 g/mol. The van der Waals surface area contributed by atoms with Gasteiger partial charge >= 0.3 is 18.1 Å². The van der Waals surface area contributed by atoms with E-state index in [1.165, 1.54) is 26.4 Å². The molecule has 15 heteroatoms. The van der Waals surface area contributed by atoms with E-state index in [1.807, 2.05) is 11.9 Å². The van der Waals surface area contributed by atoms with Crippen LogP contribution in [0.25, 0.3) is 10.9 Å². The Hall–Kier alpha value is -4.97. The highest BCUT2D eigenvalue weighted by molar-refractivity contribution is 5.98. The quantitative estimate of drug-likeness (QED) is 0.145. The topological polar surface area (TPSA) is 123 Å². The van der Waals surface area contributed by atoms with E-state index in [4.69, 9.17) is 9.47 Å². The van der Waals surface area contributed by atoms with Crippen molar-refractivity contribution in [3.8, 4) is 17.6 Å². The Morgan fingerprint density at radius 3 is 2.51 bits per heavy atom. The van der Waals surface area contributed by atoms with Gasteiger partial charge in [0, 0.05) is 36.1 Å². The standard InChI is InChI=1S/C34H39F4N5O6/c1-42-16-14-26(24(35)19-42)40-25-8-5-9-29-23(25)18-22(43(29)20-34(36,37)38)7-6-15-39-27-11-10-21(17-30(27)47-2)32(45)41-28(33(46)49-4)12-13-31(44)48-3/h5,8-11,17-18,24,26,28,39-40H,12-16,19-20H2,1-4H3,(H,41,45)/t24-,26+,28-/m0/s1. The maximum atomic E-state index is 14.8. The predicted octanol–water partition coefficient (Wildman–Crippen LogP) is 4.35. The molecule has 0 spiro atoms. The van der Waals surface area contributed by atoms with E-state index in [2.05, 4.69) is 32.5 Å². The molecule has 0 saturated carbocycles. The Balaban J connectivity index is 1.50. The van der Waals surface area contributed by atoms with Crippen LogP contribution in [0.15, 0.2) is 42.5 Å². The van der Waals surface area contributed by atoms with Crippen molar-refractivity contribution in [3.63, 3.8) is 0 Å². The molecule has 3 N–H and O–H groups in total. The van der Waals surface area contributed by atoms with Crippen LogP contribution in [0.4, 0.5) is 28.9 Å². The summed E-state index contributed by atoms with van der Waals surface area (Å²) in [5, 5.41) is 9.29. The van der Waals surface area contributed by atoms with E-state index in [-0.39, 0.29) is 42.9 Å². The first-order chi connectivity index (χ1) is 23.3. The lowest BCUT2D eigenvalue weighted by molar-refractivity contribution is -0.144. The molecule has 11 nitrogen and oxygen atoms in total. The SMILES string of the molecule is COC(=O)CC[C@H](NC(=O)c1ccc(NCC#Cc2cc3c(N[C@@H]4CCN(C)C[C@@H]4F)cccc3n2CC(F)(F)F)c(OC)c1)C(=O)OC. The third-order valence-corrected chi connectivity index (χ3v) is 8.07. The Morgan fingerprint density at radius 1 is 1.06 bits per heavy atom. The summed E-state index contributed by atoms with van der Waals surface area (Å²) in [7, 11) is 5.60. The van der Waals surface area contributed by atoms with Crippen LogP contribution >= 0.6 is 0 Å². The van der Waals surface area contributed by atoms with Gasteiger partial charge in [-0.15, -0.1) is 0 Å². The molecule has 3 aromatic rings. The molecule has 264 valence electrons. The van der Waals surface area contributed by atoms with Gasteiger partial charge in [0.05, 0.1) is 50.8 Å². The van der Waals surface area contributed by atoms with Crippen LogP contribution in [0.5, 0.6) is 5.75 Å². The summed E-state index contributed by atoms with van der Waals surface area (Å²) in [5.41, 5.74) is 1.59. The smallest absolute Gasteiger partial charge is 0.406 e. The van der Waals surface area contributed by atoms with Gasteiger partial charge in [0.2, 0.25) is 0 Å². The average Bonchev–Trinajstić information content (AvgIpc) is 3.41. The van der Waals surface area contributed by atoms with Gasteiger partial charge in [0.15, 0.2) is 0 Å². The van der Waals surface area contributed by atoms with E-state index in [9.17, 15) is 31.9 Å². The largest absolute Gasteiger partial charge is 0.495 e. The number of nitrogens with one attached hydrogen (secondary N) is 3. The van der Waals surface area contributed by atoms with E-state index in [0.29, 0.717) is 35.2 Å². The molecule has 4 rings (SSSR count). The van der Waals surface area contributed by atoms with Crippen molar-refractivity contribution >= 4 is 40.1 Å². The molecule has 1 aliphatic heterocycles. The number of benzene rings is 2. The number of alkyl halides is 4. The number of aromatic nitrogens is 1. The molecular weight excluding hydrogens is 650 g/mol. The van der Waals surface area contributed by atoms with Crippen LogP contribution in [0.2, 0.25) is 0 Å². The number of amides is 1. The summed E-state index contributed by atoms with van der Waals surface area (Å²) in [4.78, 5) is 38.5. The molecule has 1 fully saturated rings. The maximum Gasteiger partial charge on any atom is 0.406 e. The normalized spacial score (nSPS) is 17.0. The third kappa shape index (κ3) is 9.79. The van der Waals surface area contributed by atoms with Crippen molar-refractivity contribution in [1.82, 2.24) is 14.8 Å². The minimum absolute atomic E-state index is 0.0115. The van der Waals surface area contributed by atoms with Crippen molar-refractivity contribution in [2.45, 2.75) is 50.2 Å². The third-order valence-electron chi connectivity index (χ3n) is 8.07. The summed E-state index contributed by atoms with van der Waals surface area (Å²) in [6, 6.07) is 9.39. The number of hydrogen-bond donors (Lipinski definition) is 3. The van der Waals surface area contributed by atoms with E-state index < -0.39 is 48.8 Å². The Kier molecular flexibility index (Phi) is 12.4. The summed E-state index contributed by atoms with van der Waals surface area (Å²) in [6.07, 6.45) is -5.24. The second kappa shape index (κ2) is 16.4. The molecule has 49 heavy (non-hydrogen) atoms. The van der Waals surface area contributed by atoms with Crippen LogP contribution in [0.3, 0.4) is 0 Å². The van der Waals surface area contributed by atoms with Crippen molar-refractivity contribution in [3.05, 3.63) is 53.7 Å². The van der Waals surface area contributed by atoms with Gasteiger partial charge in [-0.3, -0.25) is 9.59 Å². The molecule has 1 aromatic heterocycles. The number of fused-ring (bicyclic) bond motifs is 1. The number of carbonyl (C=O) groups excluding carboxylic acids is 3. The number of nitrogens with zero attached hydrogens (tertiary/aromatic N) is 2. The minimum atomic E-state index is -4.51. The number of carbonyl (C=O) groups is 3. The number of halogens is 4. The summed E-state index contributed by atoms with van der Waals surface area (Å²) in [5.74, 6) is 4.05. The first kappa shape index (κ1) is 36.9. The van der Waals surface area contributed by atoms with Crippen LogP contribution < -0.4 is 20.7 Å². The lowest BCUT2D eigenvalue weighted by atomic mass is 10.0. The molecule has 1 aliphatic rings. The average molecular weight is 690 g/mol. The van der Waals surface area contributed by atoms with Gasteiger partial charge in [0.1, 0.15) is 24.5 Å². The van der Waals surface area contributed by atoms with Crippen molar-refractivity contribution in [2.75, 3.05) is 58.6 Å². The van der Waals surface area contributed by atoms with E-state index >= 15 is 0 Å². The van der Waals surface area contributed by atoms with E-state index in [1.54, 1.807) is 30.3 Å². The predicted molar refractivity (Wildman–Crippen MR) is 175 cm³/mol. The molecule has 3 atom stereocenters. The molecule has 2 aromatic carbocycles. The number of likely N-dealkylation sites (tertiary alicyclic amines) is 1. The summed E-state index contributed by atoms with van der Waals surface area (Å²) >= 11 is 0. The summed E-state index contributed by atoms with van der Waals surface area (Å²) < 4.78 is 71.5. The molecule has 0 bridgehead atoms. The fourth-order valence-corrected chi connectivity index (χ4v) is 5.53.